The van der Waals surface area contributed by atoms with E-state index in [1.54, 1.807) is 6.20 Å². The molecule has 4 rings (SSSR count). The topological polar surface area (TPSA) is 46.9 Å². The van der Waals surface area contributed by atoms with E-state index in [9.17, 15) is 4.79 Å². The molecular formula is C27H29N3O. The predicted octanol–water partition coefficient (Wildman–Crippen LogP) is 5.21. The zero-order chi connectivity index (χ0) is 21.6. The number of amides is 1. The van der Waals surface area contributed by atoms with E-state index in [-0.39, 0.29) is 17.7 Å². The molecule has 2 aromatic heterocycles. The van der Waals surface area contributed by atoms with Gasteiger partial charge in [0, 0.05) is 61.3 Å². The second-order valence-corrected chi connectivity index (χ2v) is 8.14. The van der Waals surface area contributed by atoms with Gasteiger partial charge in [0.2, 0.25) is 5.91 Å². The van der Waals surface area contributed by atoms with Crippen LogP contribution in [0, 0.1) is 0 Å². The summed E-state index contributed by atoms with van der Waals surface area (Å²) in [5, 5.41) is 4.33. The minimum atomic E-state index is 0.0802. The van der Waals surface area contributed by atoms with Crippen LogP contribution >= 0.6 is 0 Å². The number of benzene rings is 2. The molecule has 31 heavy (non-hydrogen) atoms. The second-order valence-electron chi connectivity index (χ2n) is 8.14. The maximum absolute atomic E-state index is 13.0. The van der Waals surface area contributed by atoms with Gasteiger partial charge in [0.25, 0.3) is 0 Å². The highest BCUT2D eigenvalue weighted by Crippen LogP contribution is 2.39. The number of pyridine rings is 1. The van der Waals surface area contributed by atoms with E-state index in [0.29, 0.717) is 13.0 Å². The summed E-state index contributed by atoms with van der Waals surface area (Å²) in [6.45, 7) is 2.82. The molecule has 4 aromatic rings. The van der Waals surface area contributed by atoms with Crippen molar-refractivity contribution in [3.63, 3.8) is 0 Å². The van der Waals surface area contributed by atoms with Gasteiger partial charge in [-0.2, -0.15) is 0 Å². The number of carbonyl (C=O) groups excluding carboxylic acids is 1. The molecule has 1 amide bonds. The van der Waals surface area contributed by atoms with Crippen molar-refractivity contribution in [2.45, 2.75) is 31.6 Å². The number of fused-ring (bicyclic) bond motifs is 1. The van der Waals surface area contributed by atoms with Gasteiger partial charge in [-0.15, -0.1) is 0 Å². The lowest BCUT2D eigenvalue weighted by molar-refractivity contribution is -0.121. The van der Waals surface area contributed by atoms with E-state index in [0.717, 1.165) is 12.1 Å². The standard InChI is InChI=1S/C27H29N3O/c1-20(21-10-4-3-5-11-21)24(25-19-30(2)26-14-7-6-13-23(25)26)18-27(31)29-17-15-22-12-8-9-16-28-22/h3-14,16,19-20,24H,15,17-18H2,1-2H3,(H,29,31)/t20-,24-/m0/s1. The van der Waals surface area contributed by atoms with Crippen LogP contribution in [0.3, 0.4) is 0 Å². The van der Waals surface area contributed by atoms with Crippen molar-refractivity contribution in [2.24, 2.45) is 7.05 Å². The molecule has 0 aliphatic rings. The van der Waals surface area contributed by atoms with E-state index >= 15 is 0 Å². The van der Waals surface area contributed by atoms with Crippen molar-refractivity contribution >= 4 is 16.8 Å². The van der Waals surface area contributed by atoms with E-state index in [4.69, 9.17) is 0 Å². The number of hydrogen-bond donors (Lipinski definition) is 1. The Labute approximate surface area is 183 Å². The molecule has 158 valence electrons. The molecule has 0 saturated heterocycles. The molecule has 0 fully saturated rings. The highest BCUT2D eigenvalue weighted by atomic mass is 16.1. The number of nitrogens with one attached hydrogen (secondary N) is 1. The SMILES string of the molecule is C[C@@H](c1ccccc1)[C@H](CC(=O)NCCc1ccccn1)c1cn(C)c2ccccc12. The van der Waals surface area contributed by atoms with Gasteiger partial charge in [0.05, 0.1) is 0 Å². The Morgan fingerprint density at radius 1 is 1.00 bits per heavy atom. The van der Waals surface area contributed by atoms with Crippen LogP contribution in [0.25, 0.3) is 10.9 Å². The molecule has 4 heteroatoms. The number of nitrogens with zero attached hydrogens (tertiary/aromatic N) is 2. The van der Waals surface area contributed by atoms with Crippen LogP contribution < -0.4 is 5.32 Å². The van der Waals surface area contributed by atoms with Crippen LogP contribution in [0.2, 0.25) is 0 Å². The third-order valence-electron chi connectivity index (χ3n) is 6.09. The average Bonchev–Trinajstić information content (AvgIpc) is 3.15. The third kappa shape index (κ3) is 4.85. The number of aromatic nitrogens is 2. The second kappa shape index (κ2) is 9.61. The molecule has 2 atom stereocenters. The zero-order valence-corrected chi connectivity index (χ0v) is 18.2. The zero-order valence-electron chi connectivity index (χ0n) is 18.2. The first-order valence-electron chi connectivity index (χ1n) is 10.9. The first-order chi connectivity index (χ1) is 15.1. The molecule has 0 aliphatic heterocycles. The number of para-hydroxylation sites is 1. The van der Waals surface area contributed by atoms with Gasteiger partial charge in [-0.1, -0.05) is 61.5 Å². The Morgan fingerprint density at radius 3 is 2.52 bits per heavy atom. The molecule has 0 unspecified atom stereocenters. The maximum atomic E-state index is 13.0. The Kier molecular flexibility index (Phi) is 6.46. The molecule has 1 N–H and O–H groups in total. The highest BCUT2D eigenvalue weighted by molar-refractivity contribution is 5.86. The number of rotatable bonds is 8. The lowest BCUT2D eigenvalue weighted by atomic mass is 9.80. The minimum Gasteiger partial charge on any atom is -0.356 e. The average molecular weight is 412 g/mol. The first-order valence-corrected chi connectivity index (χ1v) is 10.9. The van der Waals surface area contributed by atoms with Gasteiger partial charge in [0.1, 0.15) is 0 Å². The number of hydrogen-bond acceptors (Lipinski definition) is 2. The lowest BCUT2D eigenvalue weighted by Crippen LogP contribution is -2.28. The summed E-state index contributed by atoms with van der Waals surface area (Å²) in [5.41, 5.74) is 4.67. The molecule has 2 heterocycles. The number of carbonyl (C=O) groups is 1. The lowest BCUT2D eigenvalue weighted by Gasteiger charge is -2.24. The van der Waals surface area contributed by atoms with Crippen LogP contribution in [0.5, 0.6) is 0 Å². The summed E-state index contributed by atoms with van der Waals surface area (Å²) < 4.78 is 2.16. The van der Waals surface area contributed by atoms with Crippen LogP contribution in [0.15, 0.2) is 85.2 Å². The van der Waals surface area contributed by atoms with E-state index in [1.807, 2.05) is 24.3 Å². The quantitative estimate of drug-likeness (QED) is 0.433. The number of aryl methyl sites for hydroxylation is 1. The van der Waals surface area contributed by atoms with Gasteiger partial charge in [-0.05, 0) is 35.2 Å². The summed E-state index contributed by atoms with van der Waals surface area (Å²) in [4.78, 5) is 17.3. The molecular weight excluding hydrogens is 382 g/mol. The Morgan fingerprint density at radius 2 is 1.74 bits per heavy atom. The smallest absolute Gasteiger partial charge is 0.220 e. The fraction of sp³-hybridized carbons (Fsp3) is 0.259. The molecule has 2 aromatic carbocycles. The van der Waals surface area contributed by atoms with Gasteiger partial charge >= 0.3 is 0 Å². The largest absolute Gasteiger partial charge is 0.356 e. The maximum Gasteiger partial charge on any atom is 0.220 e. The molecule has 0 saturated carbocycles. The van der Waals surface area contributed by atoms with Crippen molar-refractivity contribution in [2.75, 3.05) is 6.54 Å². The summed E-state index contributed by atoms with van der Waals surface area (Å²) in [7, 11) is 2.07. The summed E-state index contributed by atoms with van der Waals surface area (Å²) >= 11 is 0. The molecule has 0 aliphatic carbocycles. The van der Waals surface area contributed by atoms with Crippen molar-refractivity contribution in [3.05, 3.63) is 102 Å². The van der Waals surface area contributed by atoms with Crippen molar-refractivity contribution in [1.29, 1.82) is 0 Å². The van der Waals surface area contributed by atoms with Gasteiger partial charge in [0.15, 0.2) is 0 Å². The minimum absolute atomic E-state index is 0.0802. The van der Waals surface area contributed by atoms with Crippen LogP contribution in [-0.2, 0) is 18.3 Å². The predicted molar refractivity (Wildman–Crippen MR) is 126 cm³/mol. The van der Waals surface area contributed by atoms with Crippen molar-refractivity contribution in [3.8, 4) is 0 Å². The molecule has 0 radical (unpaired) electrons. The fourth-order valence-electron chi connectivity index (χ4n) is 4.36. The van der Waals surface area contributed by atoms with Crippen LogP contribution in [0.4, 0.5) is 0 Å². The van der Waals surface area contributed by atoms with Gasteiger partial charge in [-0.3, -0.25) is 9.78 Å². The Bertz CT molecular complexity index is 1140. The van der Waals surface area contributed by atoms with E-state index in [1.165, 1.54) is 22.0 Å². The summed E-state index contributed by atoms with van der Waals surface area (Å²) in [6.07, 6.45) is 5.16. The van der Waals surface area contributed by atoms with Crippen LogP contribution in [0.1, 0.15) is 42.0 Å². The van der Waals surface area contributed by atoms with Crippen molar-refractivity contribution < 1.29 is 4.79 Å². The Hall–Kier alpha value is -3.40. The van der Waals surface area contributed by atoms with E-state index in [2.05, 4.69) is 83.6 Å². The first kappa shape index (κ1) is 20.9. The fourth-order valence-corrected chi connectivity index (χ4v) is 4.36. The molecule has 4 nitrogen and oxygen atoms in total. The van der Waals surface area contributed by atoms with Gasteiger partial charge in [-0.25, -0.2) is 0 Å². The summed E-state index contributed by atoms with van der Waals surface area (Å²) in [6, 6.07) is 24.8. The highest BCUT2D eigenvalue weighted by Gasteiger charge is 2.26. The third-order valence-corrected chi connectivity index (χ3v) is 6.09. The van der Waals surface area contributed by atoms with E-state index < -0.39 is 0 Å². The Balaban J connectivity index is 1.56. The van der Waals surface area contributed by atoms with Crippen molar-refractivity contribution in [1.82, 2.24) is 14.9 Å². The molecule has 0 bridgehead atoms. The normalized spacial score (nSPS) is 13.1. The molecule has 0 spiro atoms. The van der Waals surface area contributed by atoms with Crippen LogP contribution in [-0.4, -0.2) is 22.0 Å². The van der Waals surface area contributed by atoms with Gasteiger partial charge < -0.3 is 9.88 Å². The monoisotopic (exact) mass is 411 g/mol. The summed E-state index contributed by atoms with van der Waals surface area (Å²) in [5.74, 6) is 0.383.